The zero-order chi connectivity index (χ0) is 14.4. The first kappa shape index (κ1) is 14.2. The highest BCUT2D eigenvalue weighted by molar-refractivity contribution is 5.84. The molecule has 106 valence electrons. The van der Waals surface area contributed by atoms with E-state index in [1.807, 2.05) is 42.5 Å². The average Bonchev–Trinajstić information content (AvgIpc) is 2.49. The van der Waals surface area contributed by atoms with E-state index in [0.717, 1.165) is 34.8 Å². The van der Waals surface area contributed by atoms with Crippen molar-refractivity contribution in [2.75, 3.05) is 38.4 Å². The SMILES string of the molecule is COCCNc1ccc(N)cc1-c1ccccc1OC. The third kappa shape index (κ3) is 3.22. The van der Waals surface area contributed by atoms with Crippen LogP contribution in [0.5, 0.6) is 5.75 Å². The molecule has 0 aliphatic carbocycles. The molecule has 2 aromatic carbocycles. The van der Waals surface area contributed by atoms with Crippen molar-refractivity contribution in [1.29, 1.82) is 0 Å². The Labute approximate surface area is 119 Å². The number of nitrogen functional groups attached to an aromatic ring is 1. The van der Waals surface area contributed by atoms with Crippen molar-refractivity contribution in [1.82, 2.24) is 0 Å². The van der Waals surface area contributed by atoms with E-state index in [2.05, 4.69) is 5.32 Å². The third-order valence-corrected chi connectivity index (χ3v) is 3.06. The number of nitrogens with one attached hydrogen (secondary N) is 1. The van der Waals surface area contributed by atoms with Gasteiger partial charge in [0, 0.05) is 36.2 Å². The topological polar surface area (TPSA) is 56.5 Å². The number of hydrogen-bond acceptors (Lipinski definition) is 4. The Morgan fingerprint density at radius 3 is 2.60 bits per heavy atom. The molecule has 0 amide bonds. The Morgan fingerprint density at radius 2 is 1.85 bits per heavy atom. The van der Waals surface area contributed by atoms with Gasteiger partial charge in [0.2, 0.25) is 0 Å². The van der Waals surface area contributed by atoms with Crippen LogP contribution in [-0.2, 0) is 4.74 Å². The van der Waals surface area contributed by atoms with Gasteiger partial charge >= 0.3 is 0 Å². The maximum absolute atomic E-state index is 5.92. The van der Waals surface area contributed by atoms with Crippen molar-refractivity contribution in [2.24, 2.45) is 0 Å². The summed E-state index contributed by atoms with van der Waals surface area (Å²) in [5, 5.41) is 3.36. The van der Waals surface area contributed by atoms with E-state index < -0.39 is 0 Å². The van der Waals surface area contributed by atoms with E-state index in [4.69, 9.17) is 15.2 Å². The Kier molecular flexibility index (Phi) is 4.85. The van der Waals surface area contributed by atoms with Crippen LogP contribution in [0.4, 0.5) is 11.4 Å². The minimum atomic E-state index is 0.649. The molecular formula is C16H20N2O2. The maximum atomic E-state index is 5.92. The summed E-state index contributed by atoms with van der Waals surface area (Å²) in [5.74, 6) is 0.827. The van der Waals surface area contributed by atoms with Crippen molar-refractivity contribution >= 4 is 11.4 Å². The van der Waals surface area contributed by atoms with Gasteiger partial charge < -0.3 is 20.5 Å². The summed E-state index contributed by atoms with van der Waals surface area (Å²) in [6.45, 7) is 1.39. The van der Waals surface area contributed by atoms with Crippen molar-refractivity contribution in [3.8, 4) is 16.9 Å². The van der Waals surface area contributed by atoms with Crippen molar-refractivity contribution < 1.29 is 9.47 Å². The van der Waals surface area contributed by atoms with E-state index >= 15 is 0 Å². The molecule has 0 unspecified atom stereocenters. The van der Waals surface area contributed by atoms with Crippen LogP contribution in [0.3, 0.4) is 0 Å². The molecule has 4 heteroatoms. The number of nitrogens with two attached hydrogens (primary N) is 1. The molecule has 0 saturated heterocycles. The standard InChI is InChI=1S/C16H20N2O2/c1-19-10-9-18-15-8-7-12(17)11-14(15)13-5-3-4-6-16(13)20-2/h3-8,11,18H,9-10,17H2,1-2H3. The number of benzene rings is 2. The molecule has 0 radical (unpaired) electrons. The van der Waals surface area contributed by atoms with Gasteiger partial charge in [-0.25, -0.2) is 0 Å². The molecule has 0 fully saturated rings. The fourth-order valence-electron chi connectivity index (χ4n) is 2.09. The quantitative estimate of drug-likeness (QED) is 0.627. The minimum Gasteiger partial charge on any atom is -0.496 e. The maximum Gasteiger partial charge on any atom is 0.126 e. The molecule has 2 aromatic rings. The molecule has 0 aliphatic heterocycles. The Hall–Kier alpha value is -2.20. The molecule has 0 aliphatic rings. The van der Waals surface area contributed by atoms with Crippen molar-refractivity contribution in [3.63, 3.8) is 0 Å². The van der Waals surface area contributed by atoms with Gasteiger partial charge in [-0.05, 0) is 24.3 Å². The van der Waals surface area contributed by atoms with Crippen LogP contribution < -0.4 is 15.8 Å². The second kappa shape index (κ2) is 6.82. The molecule has 20 heavy (non-hydrogen) atoms. The first-order valence-corrected chi connectivity index (χ1v) is 6.52. The molecule has 0 atom stereocenters. The first-order valence-electron chi connectivity index (χ1n) is 6.52. The number of hydrogen-bond donors (Lipinski definition) is 2. The number of ether oxygens (including phenoxy) is 2. The zero-order valence-electron chi connectivity index (χ0n) is 11.8. The summed E-state index contributed by atoms with van der Waals surface area (Å²) in [4.78, 5) is 0. The third-order valence-electron chi connectivity index (χ3n) is 3.06. The predicted octanol–water partition coefficient (Wildman–Crippen LogP) is 3.00. The van der Waals surface area contributed by atoms with Gasteiger partial charge in [-0.1, -0.05) is 18.2 Å². The monoisotopic (exact) mass is 272 g/mol. The lowest BCUT2D eigenvalue weighted by atomic mass is 10.0. The largest absolute Gasteiger partial charge is 0.496 e. The Balaban J connectivity index is 2.40. The van der Waals surface area contributed by atoms with Crippen molar-refractivity contribution in [2.45, 2.75) is 0 Å². The van der Waals surface area contributed by atoms with E-state index in [0.29, 0.717) is 6.61 Å². The smallest absolute Gasteiger partial charge is 0.126 e. The van der Waals surface area contributed by atoms with Crippen LogP contribution in [-0.4, -0.2) is 27.4 Å². The highest BCUT2D eigenvalue weighted by Gasteiger charge is 2.10. The van der Waals surface area contributed by atoms with Crippen LogP contribution in [0.1, 0.15) is 0 Å². The van der Waals surface area contributed by atoms with Gasteiger partial charge in [0.25, 0.3) is 0 Å². The minimum absolute atomic E-state index is 0.649. The second-order valence-electron chi connectivity index (χ2n) is 4.42. The summed E-state index contributed by atoms with van der Waals surface area (Å²) in [7, 11) is 3.36. The molecule has 4 nitrogen and oxygen atoms in total. The van der Waals surface area contributed by atoms with Crippen LogP contribution in [0.15, 0.2) is 42.5 Å². The van der Waals surface area contributed by atoms with E-state index in [-0.39, 0.29) is 0 Å². The number of methoxy groups -OCH3 is 2. The van der Waals surface area contributed by atoms with Gasteiger partial charge in [-0.3, -0.25) is 0 Å². The summed E-state index contributed by atoms with van der Waals surface area (Å²) < 4.78 is 10.5. The molecule has 3 N–H and O–H groups in total. The Bertz CT molecular complexity index is 570. The van der Waals surface area contributed by atoms with Gasteiger partial charge in [0.1, 0.15) is 5.75 Å². The van der Waals surface area contributed by atoms with E-state index in [1.54, 1.807) is 14.2 Å². The molecule has 0 bridgehead atoms. The van der Waals surface area contributed by atoms with E-state index in [9.17, 15) is 0 Å². The van der Waals surface area contributed by atoms with Gasteiger partial charge in [0.15, 0.2) is 0 Å². The summed E-state index contributed by atoms with van der Waals surface area (Å²) in [5.41, 5.74) is 9.70. The molecule has 0 aromatic heterocycles. The number of rotatable bonds is 6. The lowest BCUT2D eigenvalue weighted by Crippen LogP contribution is -2.08. The van der Waals surface area contributed by atoms with Crippen LogP contribution in [0, 0.1) is 0 Å². The fraction of sp³-hybridized carbons (Fsp3) is 0.250. The summed E-state index contributed by atoms with van der Waals surface area (Å²) >= 11 is 0. The highest BCUT2D eigenvalue weighted by Crippen LogP contribution is 2.36. The lowest BCUT2D eigenvalue weighted by Gasteiger charge is -2.15. The second-order valence-corrected chi connectivity index (χ2v) is 4.42. The van der Waals surface area contributed by atoms with Crippen LogP contribution in [0.2, 0.25) is 0 Å². The molecule has 0 spiro atoms. The lowest BCUT2D eigenvalue weighted by molar-refractivity contribution is 0.211. The normalized spacial score (nSPS) is 10.3. The average molecular weight is 272 g/mol. The van der Waals surface area contributed by atoms with Crippen molar-refractivity contribution in [3.05, 3.63) is 42.5 Å². The highest BCUT2D eigenvalue weighted by atomic mass is 16.5. The number of para-hydroxylation sites is 1. The first-order chi connectivity index (χ1) is 9.76. The summed E-state index contributed by atoms with van der Waals surface area (Å²) in [6.07, 6.45) is 0. The molecule has 0 saturated carbocycles. The van der Waals surface area contributed by atoms with E-state index in [1.165, 1.54) is 0 Å². The molecular weight excluding hydrogens is 252 g/mol. The van der Waals surface area contributed by atoms with Gasteiger partial charge in [-0.2, -0.15) is 0 Å². The predicted molar refractivity (Wildman–Crippen MR) is 83.2 cm³/mol. The van der Waals surface area contributed by atoms with Crippen LogP contribution >= 0.6 is 0 Å². The van der Waals surface area contributed by atoms with Crippen LogP contribution in [0.25, 0.3) is 11.1 Å². The van der Waals surface area contributed by atoms with Gasteiger partial charge in [-0.15, -0.1) is 0 Å². The molecule has 0 heterocycles. The van der Waals surface area contributed by atoms with Gasteiger partial charge in [0.05, 0.1) is 13.7 Å². The number of anilines is 2. The summed E-state index contributed by atoms with van der Waals surface area (Å²) in [6, 6.07) is 13.7. The Morgan fingerprint density at radius 1 is 1.05 bits per heavy atom. The molecule has 2 rings (SSSR count). The zero-order valence-corrected chi connectivity index (χ0v) is 11.8. The fourth-order valence-corrected chi connectivity index (χ4v) is 2.09.